The van der Waals surface area contributed by atoms with E-state index in [2.05, 4.69) is 0 Å². The number of rotatable bonds is 2. The molecule has 112 valence electrons. The summed E-state index contributed by atoms with van der Waals surface area (Å²) in [6.45, 7) is 2.02. The van der Waals surface area contributed by atoms with Crippen LogP contribution in [0, 0.1) is 24.6 Å². The van der Waals surface area contributed by atoms with Crippen molar-refractivity contribution in [3.05, 3.63) is 35.1 Å². The molecule has 1 N–H and O–H groups in total. The van der Waals surface area contributed by atoms with Gasteiger partial charge in [0.1, 0.15) is 11.9 Å². The van der Waals surface area contributed by atoms with Crippen LogP contribution in [0.5, 0.6) is 0 Å². The van der Waals surface area contributed by atoms with Gasteiger partial charge in [-0.1, -0.05) is 12.5 Å². The van der Waals surface area contributed by atoms with Crippen LogP contribution in [-0.4, -0.2) is 34.5 Å². The Hall–Kier alpha value is -1.91. The van der Waals surface area contributed by atoms with Crippen molar-refractivity contribution in [2.24, 2.45) is 11.8 Å². The zero-order valence-electron chi connectivity index (χ0n) is 11.9. The van der Waals surface area contributed by atoms with Gasteiger partial charge in [-0.05, 0) is 49.3 Å². The Morgan fingerprint density at radius 3 is 2.81 bits per heavy atom. The summed E-state index contributed by atoms with van der Waals surface area (Å²) in [6, 6.07) is 3.59. The summed E-state index contributed by atoms with van der Waals surface area (Å²) in [5.41, 5.74) is 0.546. The van der Waals surface area contributed by atoms with Gasteiger partial charge in [-0.2, -0.15) is 0 Å². The average Bonchev–Trinajstić information content (AvgIpc) is 3.00. The smallest absolute Gasteiger partial charge is 0.326 e. The van der Waals surface area contributed by atoms with E-state index < -0.39 is 17.8 Å². The number of benzene rings is 1. The molecule has 3 rings (SSSR count). The first-order valence-electron chi connectivity index (χ1n) is 7.29. The summed E-state index contributed by atoms with van der Waals surface area (Å²) >= 11 is 0. The maximum absolute atomic E-state index is 13.6. The molecule has 3 atom stereocenters. The van der Waals surface area contributed by atoms with Crippen LogP contribution in [0.15, 0.2) is 18.2 Å². The van der Waals surface area contributed by atoms with Crippen molar-refractivity contribution in [2.75, 3.05) is 6.54 Å². The number of likely N-dealkylation sites (tertiary alicyclic amines) is 1. The highest BCUT2D eigenvalue weighted by molar-refractivity contribution is 5.98. The molecule has 4 nitrogen and oxygen atoms in total. The lowest BCUT2D eigenvalue weighted by Crippen LogP contribution is -2.43. The molecule has 1 amide bonds. The molecule has 1 aliphatic carbocycles. The van der Waals surface area contributed by atoms with Crippen LogP contribution in [0.3, 0.4) is 0 Å². The van der Waals surface area contributed by atoms with Gasteiger partial charge in [0.15, 0.2) is 0 Å². The molecule has 0 aromatic heterocycles. The van der Waals surface area contributed by atoms with Gasteiger partial charge in [0, 0.05) is 12.1 Å². The number of carboxylic acid groups (broad SMARTS) is 1. The normalized spacial score (nSPS) is 27.7. The van der Waals surface area contributed by atoms with Crippen molar-refractivity contribution in [2.45, 2.75) is 32.2 Å². The predicted molar refractivity (Wildman–Crippen MR) is 74.4 cm³/mol. The summed E-state index contributed by atoms with van der Waals surface area (Å²) in [4.78, 5) is 25.7. The molecule has 0 spiro atoms. The van der Waals surface area contributed by atoms with Gasteiger partial charge in [-0.25, -0.2) is 9.18 Å². The third-order valence-corrected chi connectivity index (χ3v) is 4.90. The summed E-state index contributed by atoms with van der Waals surface area (Å²) in [6.07, 6.45) is 2.86. The molecule has 0 bridgehead atoms. The second kappa shape index (κ2) is 5.13. The van der Waals surface area contributed by atoms with Crippen LogP contribution in [-0.2, 0) is 4.79 Å². The number of hydrogen-bond donors (Lipinski definition) is 1. The van der Waals surface area contributed by atoms with Crippen LogP contribution < -0.4 is 0 Å². The number of carbonyl (C=O) groups excluding carboxylic acids is 1. The molecule has 5 heteroatoms. The van der Waals surface area contributed by atoms with Gasteiger partial charge in [0.2, 0.25) is 0 Å². The molecule has 0 radical (unpaired) electrons. The first-order valence-corrected chi connectivity index (χ1v) is 7.29. The van der Waals surface area contributed by atoms with E-state index in [0.29, 0.717) is 6.54 Å². The number of amides is 1. The first kappa shape index (κ1) is 14.0. The minimum absolute atomic E-state index is 0.0420. The van der Waals surface area contributed by atoms with Gasteiger partial charge in [-0.3, -0.25) is 4.79 Å². The Labute approximate surface area is 122 Å². The molecule has 1 heterocycles. The fraction of sp³-hybridized carbons (Fsp3) is 0.500. The molecular formula is C16H18FNO3. The molecule has 21 heavy (non-hydrogen) atoms. The largest absolute Gasteiger partial charge is 0.480 e. The van der Waals surface area contributed by atoms with E-state index in [9.17, 15) is 19.1 Å². The van der Waals surface area contributed by atoms with Crippen LogP contribution in [0.25, 0.3) is 0 Å². The summed E-state index contributed by atoms with van der Waals surface area (Å²) in [5, 5.41) is 9.48. The van der Waals surface area contributed by atoms with Gasteiger partial charge in [0.05, 0.1) is 0 Å². The molecule has 2 aliphatic rings. The van der Waals surface area contributed by atoms with E-state index >= 15 is 0 Å². The molecular weight excluding hydrogens is 273 g/mol. The average molecular weight is 291 g/mol. The molecule has 1 aromatic carbocycles. The Morgan fingerprint density at radius 1 is 1.33 bits per heavy atom. The maximum atomic E-state index is 13.6. The maximum Gasteiger partial charge on any atom is 0.326 e. The number of nitrogens with zero attached hydrogens (tertiary/aromatic N) is 1. The lowest BCUT2D eigenvalue weighted by molar-refractivity contribution is -0.142. The van der Waals surface area contributed by atoms with Crippen molar-refractivity contribution in [3.8, 4) is 0 Å². The molecule has 3 unspecified atom stereocenters. The fourth-order valence-electron chi connectivity index (χ4n) is 3.82. The Balaban J connectivity index is 1.93. The fourth-order valence-corrected chi connectivity index (χ4v) is 3.82. The number of halogens is 1. The third-order valence-electron chi connectivity index (χ3n) is 4.90. The molecule has 1 saturated carbocycles. The number of hydrogen-bond acceptors (Lipinski definition) is 2. The number of carbonyl (C=O) groups is 2. The zero-order valence-corrected chi connectivity index (χ0v) is 11.9. The van der Waals surface area contributed by atoms with Crippen LogP contribution in [0.4, 0.5) is 4.39 Å². The third kappa shape index (κ3) is 2.20. The first-order chi connectivity index (χ1) is 10.0. The number of carboxylic acids is 1. The van der Waals surface area contributed by atoms with Crippen molar-refractivity contribution in [1.82, 2.24) is 4.90 Å². The standard InChI is InChI=1S/C16H18FNO3/c1-9-11(5-3-7-13(9)17)15(19)18-8-10-4-2-6-12(10)14(18)16(20)21/h3,5,7,10,12,14H,2,4,6,8H2,1H3,(H,20,21). The van der Waals surface area contributed by atoms with Crippen molar-refractivity contribution in [3.63, 3.8) is 0 Å². The molecule has 1 aromatic rings. The van der Waals surface area contributed by atoms with E-state index in [1.165, 1.54) is 17.0 Å². The molecule has 1 aliphatic heterocycles. The summed E-state index contributed by atoms with van der Waals surface area (Å²) in [7, 11) is 0. The second-order valence-electron chi connectivity index (χ2n) is 6.01. The van der Waals surface area contributed by atoms with E-state index in [-0.39, 0.29) is 28.9 Å². The second-order valence-corrected chi connectivity index (χ2v) is 6.01. The molecule has 2 fully saturated rings. The number of fused-ring (bicyclic) bond motifs is 1. The SMILES string of the molecule is Cc1c(F)cccc1C(=O)N1CC2CCCC2C1C(=O)O. The highest BCUT2D eigenvalue weighted by Crippen LogP contribution is 2.42. The quantitative estimate of drug-likeness (QED) is 0.910. The van der Waals surface area contributed by atoms with Crippen molar-refractivity contribution in [1.29, 1.82) is 0 Å². The topological polar surface area (TPSA) is 57.6 Å². The van der Waals surface area contributed by atoms with Crippen molar-refractivity contribution < 1.29 is 19.1 Å². The minimum atomic E-state index is -0.952. The zero-order chi connectivity index (χ0) is 15.1. The van der Waals surface area contributed by atoms with Crippen LogP contribution in [0.2, 0.25) is 0 Å². The lowest BCUT2D eigenvalue weighted by Gasteiger charge is -2.25. The summed E-state index contributed by atoms with van der Waals surface area (Å²) < 4.78 is 13.6. The number of aliphatic carboxylic acids is 1. The van der Waals surface area contributed by atoms with E-state index in [0.717, 1.165) is 19.3 Å². The van der Waals surface area contributed by atoms with Crippen LogP contribution >= 0.6 is 0 Å². The monoisotopic (exact) mass is 291 g/mol. The lowest BCUT2D eigenvalue weighted by atomic mass is 9.94. The van der Waals surface area contributed by atoms with E-state index in [4.69, 9.17) is 0 Å². The van der Waals surface area contributed by atoms with Gasteiger partial charge < -0.3 is 10.0 Å². The molecule has 1 saturated heterocycles. The van der Waals surface area contributed by atoms with Crippen molar-refractivity contribution >= 4 is 11.9 Å². The minimum Gasteiger partial charge on any atom is -0.480 e. The van der Waals surface area contributed by atoms with E-state index in [1.807, 2.05) is 0 Å². The van der Waals surface area contributed by atoms with Crippen LogP contribution in [0.1, 0.15) is 35.2 Å². The van der Waals surface area contributed by atoms with Gasteiger partial charge >= 0.3 is 5.97 Å². The highest BCUT2D eigenvalue weighted by atomic mass is 19.1. The summed E-state index contributed by atoms with van der Waals surface area (Å²) in [5.74, 6) is -1.45. The predicted octanol–water partition coefficient (Wildman–Crippen LogP) is 2.46. The Morgan fingerprint density at radius 2 is 2.10 bits per heavy atom. The van der Waals surface area contributed by atoms with Gasteiger partial charge in [0.25, 0.3) is 5.91 Å². The van der Waals surface area contributed by atoms with Gasteiger partial charge in [-0.15, -0.1) is 0 Å². The Kier molecular flexibility index (Phi) is 3.43. The highest BCUT2D eigenvalue weighted by Gasteiger charge is 2.49. The Bertz CT molecular complexity index is 601. The van der Waals surface area contributed by atoms with E-state index in [1.54, 1.807) is 13.0 Å².